The molecule has 5 heteroatoms. The summed E-state index contributed by atoms with van der Waals surface area (Å²) in [4.78, 5) is 32.5. The van der Waals surface area contributed by atoms with Gasteiger partial charge >= 0.3 is 5.97 Å². The van der Waals surface area contributed by atoms with Crippen molar-refractivity contribution in [2.45, 2.75) is 51.1 Å². The molecule has 2 aliphatic heterocycles. The number of carboxylic acids is 1. The van der Waals surface area contributed by atoms with Gasteiger partial charge in [0.1, 0.15) is 5.66 Å². The van der Waals surface area contributed by atoms with Crippen LogP contribution in [0, 0.1) is 11.8 Å². The Morgan fingerprint density at radius 1 is 1.00 bits per heavy atom. The van der Waals surface area contributed by atoms with Crippen molar-refractivity contribution in [3.63, 3.8) is 0 Å². The van der Waals surface area contributed by atoms with Crippen LogP contribution in [0.2, 0.25) is 0 Å². The first kappa shape index (κ1) is 22.9. The van der Waals surface area contributed by atoms with E-state index in [1.807, 2.05) is 67.6 Å². The number of carbonyl (C=O) groups excluding carboxylic acids is 1. The van der Waals surface area contributed by atoms with Crippen molar-refractivity contribution in [1.29, 1.82) is 0 Å². The van der Waals surface area contributed by atoms with Gasteiger partial charge in [0.25, 0.3) is 0 Å². The second kappa shape index (κ2) is 9.38. The average Bonchev–Trinajstić information content (AvgIpc) is 2.87. The molecule has 0 radical (unpaired) electrons. The zero-order chi connectivity index (χ0) is 24.4. The monoisotopic (exact) mass is 464 g/mol. The Morgan fingerprint density at radius 2 is 1.69 bits per heavy atom. The van der Waals surface area contributed by atoms with Crippen molar-refractivity contribution in [3.05, 3.63) is 94.2 Å². The standard InChI is InChI=1S/C30H28N2O3/c1-30(32-20-25(33)18-23-14-8-9-15-26(23)32)19-24(17-16-21-10-4-2-5-11-21)27(29(34)35)28(31-30)22-12-6-3-7-13-22/h2-7,10-13H,8-9,14-15,18-20H2,1H3,(H,34,35). The number of ketones is 1. The second-order valence-corrected chi connectivity index (χ2v) is 9.55. The van der Waals surface area contributed by atoms with E-state index >= 15 is 0 Å². The number of allylic oxidation sites excluding steroid dienone is 2. The molecule has 2 aromatic carbocycles. The van der Waals surface area contributed by atoms with Crippen molar-refractivity contribution in [2.75, 3.05) is 6.54 Å². The van der Waals surface area contributed by atoms with Crippen LogP contribution in [0.1, 0.15) is 56.6 Å². The molecule has 5 rings (SSSR count). The fourth-order valence-electron chi connectivity index (χ4n) is 5.36. The quantitative estimate of drug-likeness (QED) is 0.640. The van der Waals surface area contributed by atoms with E-state index in [4.69, 9.17) is 4.99 Å². The third-order valence-corrected chi connectivity index (χ3v) is 7.00. The van der Waals surface area contributed by atoms with Crippen LogP contribution in [0.3, 0.4) is 0 Å². The van der Waals surface area contributed by atoms with Crippen LogP contribution < -0.4 is 0 Å². The van der Waals surface area contributed by atoms with Crippen molar-refractivity contribution in [3.8, 4) is 11.8 Å². The van der Waals surface area contributed by atoms with Gasteiger partial charge in [-0.25, -0.2) is 4.79 Å². The SMILES string of the molecule is CC1(N2CC(=O)CC3=C2CCCC3)CC(C#Cc2ccccc2)=C(C(=O)O)C(c2ccccc2)=N1. The largest absolute Gasteiger partial charge is 0.478 e. The van der Waals surface area contributed by atoms with Gasteiger partial charge in [-0.3, -0.25) is 9.79 Å². The maximum atomic E-state index is 12.8. The number of Topliss-reactive ketones (excluding diaryl/α,β-unsaturated/α-hetero) is 1. The maximum absolute atomic E-state index is 12.8. The summed E-state index contributed by atoms with van der Waals surface area (Å²) in [6.45, 7) is 2.30. The van der Waals surface area contributed by atoms with Gasteiger partial charge in [0.05, 0.1) is 17.8 Å². The van der Waals surface area contributed by atoms with Crippen molar-refractivity contribution in [2.24, 2.45) is 4.99 Å². The minimum Gasteiger partial charge on any atom is -0.478 e. The summed E-state index contributed by atoms with van der Waals surface area (Å²) in [6.07, 6.45) is 4.91. The van der Waals surface area contributed by atoms with E-state index in [0.717, 1.165) is 36.8 Å². The Labute approximate surface area is 205 Å². The number of carbonyl (C=O) groups is 2. The lowest BCUT2D eigenvalue weighted by atomic mass is 9.83. The lowest BCUT2D eigenvalue weighted by Gasteiger charge is -2.47. The summed E-state index contributed by atoms with van der Waals surface area (Å²) < 4.78 is 0. The third kappa shape index (κ3) is 4.57. The van der Waals surface area contributed by atoms with E-state index in [9.17, 15) is 14.7 Å². The summed E-state index contributed by atoms with van der Waals surface area (Å²) in [7, 11) is 0. The van der Waals surface area contributed by atoms with Crippen LogP contribution >= 0.6 is 0 Å². The van der Waals surface area contributed by atoms with Gasteiger partial charge in [0.15, 0.2) is 5.78 Å². The molecule has 2 heterocycles. The van der Waals surface area contributed by atoms with E-state index < -0.39 is 11.6 Å². The molecule has 1 unspecified atom stereocenters. The molecule has 3 aliphatic rings. The van der Waals surface area contributed by atoms with E-state index in [0.29, 0.717) is 30.7 Å². The number of benzene rings is 2. The highest BCUT2D eigenvalue weighted by molar-refractivity contribution is 6.27. The molecule has 5 nitrogen and oxygen atoms in total. The second-order valence-electron chi connectivity index (χ2n) is 9.55. The molecular formula is C30H28N2O3. The number of aliphatic imine (C=N–C) groups is 1. The highest BCUT2D eigenvalue weighted by atomic mass is 16.4. The van der Waals surface area contributed by atoms with Crippen LogP contribution in [-0.4, -0.2) is 39.7 Å². The average molecular weight is 465 g/mol. The lowest BCUT2D eigenvalue weighted by Crippen LogP contribution is -2.51. The number of dihydropyridines is 1. The summed E-state index contributed by atoms with van der Waals surface area (Å²) in [6, 6.07) is 19.0. The molecule has 0 saturated heterocycles. The normalized spacial score (nSPS) is 22.3. The van der Waals surface area contributed by atoms with Gasteiger partial charge in [0, 0.05) is 35.2 Å². The van der Waals surface area contributed by atoms with Crippen LogP contribution in [-0.2, 0) is 9.59 Å². The first-order valence-corrected chi connectivity index (χ1v) is 12.1. The van der Waals surface area contributed by atoms with Gasteiger partial charge in [0.2, 0.25) is 0 Å². The van der Waals surface area contributed by atoms with Crippen molar-refractivity contribution >= 4 is 17.5 Å². The molecule has 0 saturated carbocycles. The topological polar surface area (TPSA) is 70.0 Å². The minimum absolute atomic E-state index is 0.137. The molecule has 0 bridgehead atoms. The molecule has 1 atom stereocenters. The summed E-state index contributed by atoms with van der Waals surface area (Å²) in [5.74, 6) is 5.49. The molecule has 1 N–H and O–H groups in total. The van der Waals surface area contributed by atoms with Crippen molar-refractivity contribution in [1.82, 2.24) is 4.90 Å². The number of carboxylic acid groups (broad SMARTS) is 1. The summed E-state index contributed by atoms with van der Waals surface area (Å²) in [5, 5.41) is 10.3. The highest BCUT2D eigenvalue weighted by Crippen LogP contribution is 2.42. The Bertz CT molecular complexity index is 1330. The predicted octanol–water partition coefficient (Wildman–Crippen LogP) is 5.13. The highest BCUT2D eigenvalue weighted by Gasteiger charge is 2.43. The van der Waals surface area contributed by atoms with Crippen molar-refractivity contribution < 1.29 is 14.7 Å². The molecule has 0 amide bonds. The third-order valence-electron chi connectivity index (χ3n) is 7.00. The number of rotatable bonds is 3. The predicted molar refractivity (Wildman–Crippen MR) is 136 cm³/mol. The zero-order valence-corrected chi connectivity index (χ0v) is 19.9. The van der Waals surface area contributed by atoms with E-state index in [2.05, 4.69) is 16.7 Å². The Morgan fingerprint density at radius 3 is 2.40 bits per heavy atom. The van der Waals surface area contributed by atoms with E-state index in [1.54, 1.807) is 0 Å². The Balaban J connectivity index is 1.68. The van der Waals surface area contributed by atoms with Crippen LogP contribution in [0.5, 0.6) is 0 Å². The van der Waals surface area contributed by atoms with Gasteiger partial charge in [-0.05, 0) is 50.3 Å². The van der Waals surface area contributed by atoms with Gasteiger partial charge in [-0.1, -0.05) is 60.4 Å². The van der Waals surface area contributed by atoms with Gasteiger partial charge in [-0.2, -0.15) is 0 Å². The fourth-order valence-corrected chi connectivity index (χ4v) is 5.36. The van der Waals surface area contributed by atoms with Crippen LogP contribution in [0.15, 0.2) is 88.1 Å². The molecule has 0 spiro atoms. The Hall–Kier alpha value is -3.91. The first-order valence-electron chi connectivity index (χ1n) is 12.1. The maximum Gasteiger partial charge on any atom is 0.338 e. The van der Waals surface area contributed by atoms with Crippen LogP contribution in [0.4, 0.5) is 0 Å². The summed E-state index contributed by atoms with van der Waals surface area (Å²) in [5.41, 5.74) is 4.27. The Kier molecular flexibility index (Phi) is 6.13. The molecule has 0 fully saturated rings. The lowest BCUT2D eigenvalue weighted by molar-refractivity contribution is -0.132. The zero-order valence-electron chi connectivity index (χ0n) is 19.9. The first-order chi connectivity index (χ1) is 16.9. The summed E-state index contributed by atoms with van der Waals surface area (Å²) >= 11 is 0. The van der Waals surface area contributed by atoms with E-state index in [1.165, 1.54) is 11.3 Å². The minimum atomic E-state index is -1.04. The van der Waals surface area contributed by atoms with E-state index in [-0.39, 0.29) is 11.4 Å². The number of hydrogen-bond donors (Lipinski definition) is 1. The number of hydrogen-bond acceptors (Lipinski definition) is 4. The molecule has 2 aromatic rings. The number of aliphatic carboxylic acids is 1. The molecule has 35 heavy (non-hydrogen) atoms. The van der Waals surface area contributed by atoms with Gasteiger partial charge < -0.3 is 10.0 Å². The fraction of sp³-hybridized carbons (Fsp3) is 0.300. The van der Waals surface area contributed by atoms with Gasteiger partial charge in [-0.15, -0.1) is 0 Å². The van der Waals surface area contributed by atoms with Crippen LogP contribution in [0.25, 0.3) is 0 Å². The smallest absolute Gasteiger partial charge is 0.338 e. The molecule has 176 valence electrons. The number of nitrogens with zero attached hydrogens (tertiary/aromatic N) is 2. The molecule has 0 aromatic heterocycles. The molecule has 1 aliphatic carbocycles. The molecular weight excluding hydrogens is 436 g/mol.